The number of aromatic nitrogens is 3. The molecule has 8 heteroatoms. The van der Waals surface area contributed by atoms with Gasteiger partial charge < -0.3 is 10.2 Å². The van der Waals surface area contributed by atoms with Gasteiger partial charge in [-0.1, -0.05) is 0 Å². The normalized spacial score (nSPS) is 22.8. The number of fused-ring (bicyclic) bond motifs is 1. The molecule has 1 aromatic heterocycles. The zero-order chi connectivity index (χ0) is 16.5. The zero-order valence-corrected chi connectivity index (χ0v) is 14.6. The van der Waals surface area contributed by atoms with E-state index in [1.165, 1.54) is 23.1 Å². The van der Waals surface area contributed by atoms with Gasteiger partial charge >= 0.3 is 0 Å². The van der Waals surface area contributed by atoms with E-state index in [4.69, 9.17) is 0 Å². The van der Waals surface area contributed by atoms with Crippen LogP contribution in [0.4, 0.5) is 4.39 Å². The highest BCUT2D eigenvalue weighted by Gasteiger charge is 2.32. The van der Waals surface area contributed by atoms with Crippen molar-refractivity contribution < 1.29 is 9.18 Å². The molecular weight excluding hydrogens is 345 g/mol. The van der Waals surface area contributed by atoms with E-state index in [0.29, 0.717) is 23.2 Å². The minimum Gasteiger partial charge on any atom is -0.337 e. The van der Waals surface area contributed by atoms with Gasteiger partial charge in [-0.3, -0.25) is 4.79 Å². The second-order valence-corrected chi connectivity index (χ2v) is 6.54. The fraction of sp³-hybridized carbons (Fsp3) is 0.471. The molecule has 2 saturated heterocycles. The number of hydrogen-bond donors (Lipinski definition) is 1. The Labute approximate surface area is 151 Å². The summed E-state index contributed by atoms with van der Waals surface area (Å²) in [6.45, 7) is 3.66. The Morgan fingerprint density at radius 3 is 2.40 bits per heavy atom. The van der Waals surface area contributed by atoms with Crippen LogP contribution in [0.15, 0.2) is 30.5 Å². The first kappa shape index (κ1) is 17.8. The van der Waals surface area contributed by atoms with Crippen LogP contribution in [0.5, 0.6) is 0 Å². The number of carbonyl (C=O) groups excluding carboxylic acids is 1. The highest BCUT2D eigenvalue weighted by atomic mass is 35.5. The maximum Gasteiger partial charge on any atom is 0.276 e. The fourth-order valence-electron chi connectivity index (χ4n) is 3.64. The number of carbonyl (C=O) groups is 1. The Morgan fingerprint density at radius 2 is 1.76 bits per heavy atom. The van der Waals surface area contributed by atoms with Gasteiger partial charge in [0.25, 0.3) is 5.91 Å². The topological polar surface area (TPSA) is 63.1 Å². The van der Waals surface area contributed by atoms with Crippen LogP contribution in [0.25, 0.3) is 5.69 Å². The van der Waals surface area contributed by atoms with E-state index >= 15 is 0 Å². The van der Waals surface area contributed by atoms with E-state index in [1.807, 2.05) is 4.90 Å². The van der Waals surface area contributed by atoms with Gasteiger partial charge in [0.15, 0.2) is 5.69 Å². The van der Waals surface area contributed by atoms with Crippen molar-refractivity contribution in [3.8, 4) is 5.69 Å². The highest BCUT2D eigenvalue weighted by molar-refractivity contribution is 5.92. The van der Waals surface area contributed by atoms with Crippen molar-refractivity contribution in [2.75, 3.05) is 26.2 Å². The van der Waals surface area contributed by atoms with Crippen LogP contribution in [-0.4, -0.2) is 52.0 Å². The lowest BCUT2D eigenvalue weighted by Gasteiger charge is -2.19. The lowest BCUT2D eigenvalue weighted by atomic mass is 9.92. The maximum atomic E-state index is 13.0. The summed E-state index contributed by atoms with van der Waals surface area (Å²) < 4.78 is 13.0. The number of amides is 1. The molecule has 2 aliphatic heterocycles. The van der Waals surface area contributed by atoms with Gasteiger partial charge in [0.1, 0.15) is 5.82 Å². The SMILES string of the molecule is Cl.O=C(c1cnn(-c2ccc(F)cc2)n1)N1CC[C@@H]2CNC[C@@H]2CC1. The molecule has 2 atom stereocenters. The quantitative estimate of drug-likeness (QED) is 0.883. The van der Waals surface area contributed by atoms with Gasteiger partial charge in [0.05, 0.1) is 11.9 Å². The molecular formula is C17H21ClFN5O. The molecule has 134 valence electrons. The number of halogens is 2. The molecule has 6 nitrogen and oxygen atoms in total. The first-order chi connectivity index (χ1) is 11.7. The van der Waals surface area contributed by atoms with Crippen molar-refractivity contribution in [3.63, 3.8) is 0 Å². The van der Waals surface area contributed by atoms with E-state index in [2.05, 4.69) is 15.5 Å². The Hall–Kier alpha value is -1.99. The second-order valence-electron chi connectivity index (χ2n) is 6.54. The van der Waals surface area contributed by atoms with Crippen LogP contribution < -0.4 is 5.32 Å². The van der Waals surface area contributed by atoms with Gasteiger partial charge in [-0.05, 0) is 62.0 Å². The summed E-state index contributed by atoms with van der Waals surface area (Å²) >= 11 is 0. The number of rotatable bonds is 2. The van der Waals surface area contributed by atoms with Crippen LogP contribution >= 0.6 is 12.4 Å². The lowest BCUT2D eigenvalue weighted by molar-refractivity contribution is 0.0752. The van der Waals surface area contributed by atoms with Crippen LogP contribution in [0.1, 0.15) is 23.3 Å². The number of nitrogens with zero attached hydrogens (tertiary/aromatic N) is 4. The molecule has 3 heterocycles. The minimum absolute atomic E-state index is 0. The highest BCUT2D eigenvalue weighted by Crippen LogP contribution is 2.27. The Morgan fingerprint density at radius 1 is 1.12 bits per heavy atom. The largest absolute Gasteiger partial charge is 0.337 e. The summed E-state index contributed by atoms with van der Waals surface area (Å²) in [5.41, 5.74) is 0.969. The number of nitrogens with one attached hydrogen (secondary N) is 1. The van der Waals surface area contributed by atoms with Gasteiger partial charge in [-0.2, -0.15) is 9.90 Å². The standard InChI is InChI=1S/C17H20FN5O.ClH/c18-14-1-3-15(4-2-14)23-20-11-16(21-23)17(24)22-7-5-12-9-19-10-13(12)6-8-22;/h1-4,11-13,19H,5-10H2;1H/t12-,13+;. The third-order valence-corrected chi connectivity index (χ3v) is 5.08. The van der Waals surface area contributed by atoms with Crippen molar-refractivity contribution in [1.29, 1.82) is 0 Å². The average Bonchev–Trinajstić information content (AvgIpc) is 3.21. The molecule has 25 heavy (non-hydrogen) atoms. The summed E-state index contributed by atoms with van der Waals surface area (Å²) in [6, 6.07) is 5.87. The molecule has 2 aliphatic rings. The van der Waals surface area contributed by atoms with Crippen LogP contribution in [0, 0.1) is 17.7 Å². The van der Waals surface area contributed by atoms with Gasteiger partial charge in [-0.15, -0.1) is 17.5 Å². The number of benzene rings is 1. The molecule has 0 radical (unpaired) electrons. The second kappa shape index (κ2) is 7.49. The number of hydrogen-bond acceptors (Lipinski definition) is 4. The number of likely N-dealkylation sites (tertiary alicyclic amines) is 1. The van der Waals surface area contributed by atoms with Crippen molar-refractivity contribution >= 4 is 18.3 Å². The lowest BCUT2D eigenvalue weighted by Crippen LogP contribution is -2.33. The molecule has 0 unspecified atom stereocenters. The monoisotopic (exact) mass is 365 g/mol. The summed E-state index contributed by atoms with van der Waals surface area (Å²) in [5, 5.41) is 11.8. The average molecular weight is 366 g/mol. The molecule has 0 saturated carbocycles. The van der Waals surface area contributed by atoms with E-state index in [-0.39, 0.29) is 24.1 Å². The van der Waals surface area contributed by atoms with Gasteiger partial charge in [-0.25, -0.2) is 4.39 Å². The first-order valence-electron chi connectivity index (χ1n) is 8.39. The molecule has 0 spiro atoms. The summed E-state index contributed by atoms with van der Waals surface area (Å²) in [6.07, 6.45) is 3.56. The molecule has 2 fully saturated rings. The fourth-order valence-corrected chi connectivity index (χ4v) is 3.64. The zero-order valence-electron chi connectivity index (χ0n) is 13.8. The molecule has 1 aromatic carbocycles. The minimum atomic E-state index is -0.313. The van der Waals surface area contributed by atoms with Crippen molar-refractivity contribution in [3.05, 3.63) is 42.0 Å². The summed E-state index contributed by atoms with van der Waals surface area (Å²) in [5.74, 6) is 0.971. The Kier molecular flexibility index (Phi) is 5.34. The van der Waals surface area contributed by atoms with Crippen LogP contribution in [-0.2, 0) is 0 Å². The van der Waals surface area contributed by atoms with Gasteiger partial charge in [0, 0.05) is 13.1 Å². The predicted molar refractivity (Wildman–Crippen MR) is 93.6 cm³/mol. The molecule has 0 bridgehead atoms. The van der Waals surface area contributed by atoms with Gasteiger partial charge in [0.2, 0.25) is 0 Å². The van der Waals surface area contributed by atoms with E-state index in [9.17, 15) is 9.18 Å². The van der Waals surface area contributed by atoms with Crippen LogP contribution in [0.2, 0.25) is 0 Å². The molecule has 2 aromatic rings. The van der Waals surface area contributed by atoms with Crippen LogP contribution in [0.3, 0.4) is 0 Å². The van der Waals surface area contributed by atoms with Crippen molar-refractivity contribution in [1.82, 2.24) is 25.2 Å². The van der Waals surface area contributed by atoms with Crippen molar-refractivity contribution in [2.24, 2.45) is 11.8 Å². The predicted octanol–water partition coefficient (Wildman–Crippen LogP) is 1.90. The summed E-state index contributed by atoms with van der Waals surface area (Å²) in [7, 11) is 0. The third kappa shape index (κ3) is 3.67. The van der Waals surface area contributed by atoms with E-state index in [0.717, 1.165) is 39.0 Å². The Bertz CT molecular complexity index is 721. The van der Waals surface area contributed by atoms with Crippen molar-refractivity contribution in [2.45, 2.75) is 12.8 Å². The van der Waals surface area contributed by atoms with E-state index < -0.39 is 0 Å². The Balaban J connectivity index is 0.00000182. The molecule has 4 rings (SSSR count). The third-order valence-electron chi connectivity index (χ3n) is 5.08. The molecule has 1 amide bonds. The maximum absolute atomic E-state index is 13.0. The summed E-state index contributed by atoms with van der Waals surface area (Å²) in [4.78, 5) is 16.0. The smallest absolute Gasteiger partial charge is 0.276 e. The van der Waals surface area contributed by atoms with E-state index in [1.54, 1.807) is 12.1 Å². The molecule has 0 aliphatic carbocycles. The first-order valence-corrected chi connectivity index (χ1v) is 8.39. The molecule has 1 N–H and O–H groups in total.